The first-order valence-electron chi connectivity index (χ1n) is 7.89. The molecule has 0 amide bonds. The van der Waals surface area contributed by atoms with E-state index in [1.165, 1.54) is 5.56 Å². The van der Waals surface area contributed by atoms with Crippen molar-refractivity contribution in [3.8, 4) is 16.9 Å². The van der Waals surface area contributed by atoms with Crippen molar-refractivity contribution in [2.45, 2.75) is 24.9 Å². The summed E-state index contributed by atoms with van der Waals surface area (Å²) >= 11 is 0. The largest absolute Gasteiger partial charge is 0.508 e. The number of aromatic hydroxyl groups is 1. The van der Waals surface area contributed by atoms with Crippen LogP contribution in [-0.4, -0.2) is 21.3 Å². The van der Waals surface area contributed by atoms with Crippen LogP contribution >= 0.6 is 0 Å². The molecule has 1 saturated carbocycles. The molecule has 1 fully saturated rings. The van der Waals surface area contributed by atoms with Crippen LogP contribution in [-0.2, 0) is 6.54 Å². The van der Waals surface area contributed by atoms with E-state index in [0.717, 1.165) is 17.5 Å². The maximum Gasteiger partial charge on any atom is 0.312 e. The molecule has 24 heavy (non-hydrogen) atoms. The lowest BCUT2D eigenvalue weighted by Crippen LogP contribution is -2.17. The van der Waals surface area contributed by atoms with Crippen molar-refractivity contribution in [1.29, 1.82) is 0 Å². The Morgan fingerprint density at radius 2 is 1.96 bits per heavy atom. The van der Waals surface area contributed by atoms with Crippen molar-refractivity contribution in [1.82, 2.24) is 15.5 Å². The Balaban J connectivity index is 1.38. The molecule has 4 N–H and O–H groups in total. The molecule has 3 aromatic rings. The summed E-state index contributed by atoms with van der Waals surface area (Å²) < 4.78 is 5.15. The Bertz CT molecular complexity index is 844. The lowest BCUT2D eigenvalue weighted by Gasteiger charge is -2.05. The second-order valence-electron chi connectivity index (χ2n) is 6.04. The smallest absolute Gasteiger partial charge is 0.312 e. The zero-order valence-electron chi connectivity index (χ0n) is 13.0. The molecule has 122 valence electrons. The molecule has 2 unspecified atom stereocenters. The fourth-order valence-corrected chi connectivity index (χ4v) is 2.95. The highest BCUT2D eigenvalue weighted by Crippen LogP contribution is 2.41. The number of nitrogens with zero attached hydrogens (tertiary/aromatic N) is 2. The van der Waals surface area contributed by atoms with E-state index in [-0.39, 0.29) is 11.8 Å². The first kappa shape index (κ1) is 14.7. The third kappa shape index (κ3) is 3.09. The molecule has 2 atom stereocenters. The van der Waals surface area contributed by atoms with Crippen LogP contribution in [0.2, 0.25) is 0 Å². The van der Waals surface area contributed by atoms with E-state index in [2.05, 4.69) is 39.8 Å². The number of hydrogen-bond donors (Lipinski definition) is 3. The molecule has 1 aromatic heterocycles. The third-order valence-corrected chi connectivity index (χ3v) is 4.31. The van der Waals surface area contributed by atoms with Crippen molar-refractivity contribution in [3.05, 3.63) is 60.0 Å². The molecular formula is C18H18N4O2. The normalized spacial score (nSPS) is 19.3. The number of nitrogen functional groups attached to an aromatic ring is 1. The van der Waals surface area contributed by atoms with E-state index in [1.807, 2.05) is 12.1 Å². The minimum Gasteiger partial charge on any atom is -0.508 e. The fraction of sp³-hybridized carbons (Fsp3) is 0.222. The van der Waals surface area contributed by atoms with E-state index in [4.69, 9.17) is 10.2 Å². The van der Waals surface area contributed by atoms with Crippen molar-refractivity contribution in [2.24, 2.45) is 0 Å². The molecule has 0 spiro atoms. The lowest BCUT2D eigenvalue weighted by atomic mass is 10.0. The van der Waals surface area contributed by atoms with Gasteiger partial charge in [0.2, 0.25) is 5.89 Å². The third-order valence-electron chi connectivity index (χ3n) is 4.31. The predicted molar refractivity (Wildman–Crippen MR) is 90.2 cm³/mol. The Hall–Kier alpha value is -2.86. The number of nitrogens with one attached hydrogen (secondary N) is 1. The molecule has 0 bridgehead atoms. The number of anilines is 1. The molecule has 1 aliphatic rings. The van der Waals surface area contributed by atoms with Gasteiger partial charge < -0.3 is 20.6 Å². The van der Waals surface area contributed by atoms with E-state index >= 15 is 0 Å². The Morgan fingerprint density at radius 1 is 1.12 bits per heavy atom. The monoisotopic (exact) mass is 322 g/mol. The molecule has 6 heteroatoms. The zero-order chi connectivity index (χ0) is 16.5. The second kappa shape index (κ2) is 5.98. The van der Waals surface area contributed by atoms with Gasteiger partial charge in [-0.2, -0.15) is 0 Å². The fourth-order valence-electron chi connectivity index (χ4n) is 2.95. The van der Waals surface area contributed by atoms with E-state index in [0.29, 0.717) is 24.4 Å². The standard InChI is InChI=1S/C18H18N4O2/c19-18-22-21-17(24-18)10-20-16-9-15(16)12-6-4-11(5-7-12)13-2-1-3-14(23)8-13/h1-8,15-16,20,23H,9-10H2,(H2,19,22). The number of phenols is 1. The van der Waals surface area contributed by atoms with Gasteiger partial charge in [-0.3, -0.25) is 0 Å². The maximum absolute atomic E-state index is 9.58. The Morgan fingerprint density at radius 3 is 2.67 bits per heavy atom. The topological polar surface area (TPSA) is 97.2 Å². The summed E-state index contributed by atoms with van der Waals surface area (Å²) in [5.74, 6) is 1.30. The summed E-state index contributed by atoms with van der Waals surface area (Å²) in [6.45, 7) is 0.534. The van der Waals surface area contributed by atoms with Crippen LogP contribution in [0, 0.1) is 0 Å². The van der Waals surface area contributed by atoms with Gasteiger partial charge in [0.05, 0.1) is 6.54 Å². The summed E-state index contributed by atoms with van der Waals surface area (Å²) in [5.41, 5.74) is 8.83. The van der Waals surface area contributed by atoms with Gasteiger partial charge in [0.1, 0.15) is 5.75 Å². The first-order chi connectivity index (χ1) is 11.7. The average molecular weight is 322 g/mol. The summed E-state index contributed by atoms with van der Waals surface area (Å²) in [6.07, 6.45) is 1.09. The molecule has 1 aliphatic carbocycles. The van der Waals surface area contributed by atoms with Gasteiger partial charge in [-0.1, -0.05) is 41.5 Å². The second-order valence-corrected chi connectivity index (χ2v) is 6.04. The van der Waals surface area contributed by atoms with E-state index in [1.54, 1.807) is 12.1 Å². The highest BCUT2D eigenvalue weighted by molar-refractivity contribution is 5.65. The SMILES string of the molecule is Nc1nnc(CNC2CC2c2ccc(-c3cccc(O)c3)cc2)o1. The zero-order valence-corrected chi connectivity index (χ0v) is 13.0. The Labute approximate surface area is 139 Å². The summed E-state index contributed by atoms with van der Waals surface area (Å²) in [4.78, 5) is 0. The number of nitrogens with two attached hydrogens (primary N) is 1. The van der Waals surface area contributed by atoms with Gasteiger partial charge in [-0.05, 0) is 35.2 Å². The molecule has 2 aromatic carbocycles. The van der Waals surface area contributed by atoms with Crippen LogP contribution in [0.15, 0.2) is 52.9 Å². The summed E-state index contributed by atoms with van der Waals surface area (Å²) in [5, 5.41) is 20.5. The number of rotatable bonds is 5. The highest BCUT2D eigenvalue weighted by Gasteiger charge is 2.38. The van der Waals surface area contributed by atoms with Crippen molar-refractivity contribution < 1.29 is 9.52 Å². The van der Waals surface area contributed by atoms with Crippen LogP contribution in [0.1, 0.15) is 23.8 Å². The summed E-state index contributed by atoms with van der Waals surface area (Å²) in [7, 11) is 0. The number of aromatic nitrogens is 2. The van der Waals surface area contributed by atoms with Gasteiger partial charge in [0.25, 0.3) is 0 Å². The number of phenolic OH excluding ortho intramolecular Hbond substituents is 1. The van der Waals surface area contributed by atoms with Crippen LogP contribution in [0.25, 0.3) is 11.1 Å². The predicted octanol–water partition coefficient (Wildman–Crippen LogP) is 2.67. The highest BCUT2D eigenvalue weighted by atomic mass is 16.4. The maximum atomic E-state index is 9.58. The van der Waals surface area contributed by atoms with Gasteiger partial charge in [-0.15, -0.1) is 5.10 Å². The lowest BCUT2D eigenvalue weighted by molar-refractivity contribution is 0.475. The molecule has 0 radical (unpaired) electrons. The number of hydrogen-bond acceptors (Lipinski definition) is 6. The van der Waals surface area contributed by atoms with Gasteiger partial charge in [0.15, 0.2) is 0 Å². The molecule has 6 nitrogen and oxygen atoms in total. The van der Waals surface area contributed by atoms with Crippen molar-refractivity contribution >= 4 is 6.01 Å². The van der Waals surface area contributed by atoms with Crippen molar-refractivity contribution in [3.63, 3.8) is 0 Å². The quantitative estimate of drug-likeness (QED) is 0.668. The molecular weight excluding hydrogens is 304 g/mol. The Kier molecular flexibility index (Phi) is 3.66. The van der Waals surface area contributed by atoms with Crippen LogP contribution in [0.3, 0.4) is 0 Å². The van der Waals surface area contributed by atoms with Gasteiger partial charge >= 0.3 is 6.01 Å². The summed E-state index contributed by atoms with van der Waals surface area (Å²) in [6, 6.07) is 16.3. The molecule has 4 rings (SSSR count). The van der Waals surface area contributed by atoms with E-state index in [9.17, 15) is 5.11 Å². The molecule has 0 saturated heterocycles. The first-order valence-corrected chi connectivity index (χ1v) is 7.89. The minimum atomic E-state index is 0.0988. The molecule has 0 aliphatic heterocycles. The van der Waals surface area contributed by atoms with Gasteiger partial charge in [0, 0.05) is 12.0 Å². The van der Waals surface area contributed by atoms with Crippen LogP contribution < -0.4 is 11.1 Å². The average Bonchev–Trinajstić information content (AvgIpc) is 3.26. The van der Waals surface area contributed by atoms with E-state index < -0.39 is 0 Å². The molecule has 1 heterocycles. The number of benzene rings is 2. The van der Waals surface area contributed by atoms with Gasteiger partial charge in [-0.25, -0.2) is 0 Å². The van der Waals surface area contributed by atoms with Crippen molar-refractivity contribution in [2.75, 3.05) is 5.73 Å². The van der Waals surface area contributed by atoms with Crippen LogP contribution in [0.4, 0.5) is 6.01 Å². The minimum absolute atomic E-state index is 0.0988. The van der Waals surface area contributed by atoms with Crippen LogP contribution in [0.5, 0.6) is 5.75 Å².